The molecule has 1 aliphatic heterocycles. The molecular formula is C26H30ClF2N7O4. The number of anilines is 1. The number of halogens is 3. The van der Waals surface area contributed by atoms with Crippen molar-refractivity contribution in [2.45, 2.75) is 39.3 Å². The Balaban J connectivity index is 1.42. The van der Waals surface area contributed by atoms with E-state index in [1.165, 1.54) is 17.2 Å². The van der Waals surface area contributed by atoms with Gasteiger partial charge in [-0.25, -0.2) is 19.4 Å². The van der Waals surface area contributed by atoms with Gasteiger partial charge in [0.1, 0.15) is 35.3 Å². The van der Waals surface area contributed by atoms with Gasteiger partial charge in [-0.05, 0) is 32.4 Å². The van der Waals surface area contributed by atoms with Crippen molar-refractivity contribution in [3.05, 3.63) is 52.8 Å². The lowest BCUT2D eigenvalue weighted by molar-refractivity contribution is -0.136. The van der Waals surface area contributed by atoms with Crippen LogP contribution in [0, 0.1) is 0 Å². The number of nitrogens with zero attached hydrogens (tertiary/aromatic N) is 6. The topological polar surface area (TPSA) is 129 Å². The Bertz CT molecular complexity index is 1360. The van der Waals surface area contributed by atoms with E-state index in [1.54, 1.807) is 43.9 Å². The highest BCUT2D eigenvalue weighted by molar-refractivity contribution is 6.29. The summed E-state index contributed by atoms with van der Waals surface area (Å²) in [6.07, 6.45) is 0.922. The van der Waals surface area contributed by atoms with Gasteiger partial charge in [0.15, 0.2) is 0 Å². The van der Waals surface area contributed by atoms with Gasteiger partial charge in [0.25, 0.3) is 0 Å². The number of amides is 2. The van der Waals surface area contributed by atoms with Crippen molar-refractivity contribution in [1.29, 1.82) is 0 Å². The van der Waals surface area contributed by atoms with Gasteiger partial charge in [-0.3, -0.25) is 9.69 Å². The molecule has 11 nitrogen and oxygen atoms in total. The van der Waals surface area contributed by atoms with Crippen LogP contribution in [0.1, 0.15) is 38.4 Å². The van der Waals surface area contributed by atoms with Gasteiger partial charge in [0.05, 0.1) is 12.2 Å². The number of aromatic nitrogens is 4. The summed E-state index contributed by atoms with van der Waals surface area (Å²) in [5.74, 6) is 0.212. The number of benzene rings is 1. The molecule has 2 N–H and O–H groups in total. The highest BCUT2D eigenvalue weighted by atomic mass is 35.5. The van der Waals surface area contributed by atoms with Crippen LogP contribution < -0.4 is 10.5 Å². The molecular weight excluding hydrogens is 548 g/mol. The molecule has 0 atom stereocenters. The summed E-state index contributed by atoms with van der Waals surface area (Å²) in [6.45, 7) is 3.58. The fourth-order valence-corrected chi connectivity index (χ4v) is 4.31. The second kappa shape index (κ2) is 12.0. The molecule has 1 aromatic carbocycles. The van der Waals surface area contributed by atoms with E-state index in [9.17, 15) is 18.4 Å². The number of hydrogen-bond acceptors (Lipinski definition) is 8. The van der Waals surface area contributed by atoms with Crippen molar-refractivity contribution in [2.75, 3.05) is 38.5 Å². The highest BCUT2D eigenvalue weighted by Crippen LogP contribution is 2.29. The summed E-state index contributed by atoms with van der Waals surface area (Å²) in [4.78, 5) is 35.8. The Kier molecular flexibility index (Phi) is 8.72. The van der Waals surface area contributed by atoms with Gasteiger partial charge in [-0.1, -0.05) is 29.8 Å². The first-order chi connectivity index (χ1) is 18.9. The van der Waals surface area contributed by atoms with Crippen molar-refractivity contribution >= 4 is 29.5 Å². The summed E-state index contributed by atoms with van der Waals surface area (Å²) in [7, 11) is 0. The third kappa shape index (κ3) is 7.34. The van der Waals surface area contributed by atoms with Gasteiger partial charge in [-0.2, -0.15) is 13.9 Å². The molecule has 214 valence electrons. The standard InChI is InChI=1S/C26H30ClF2N7O4/c1-26(2,3)40-25(38)35-9-8-34(21(37)15-35)10-11-39-19-7-5-4-6-16(19)12-17-14-36(23(28)29)33-22(17)18-13-20(27)32-24(30)31-18/h4-7,13-14,23H,8-12,15H2,1-3H3,(H2,30,31,32). The normalized spacial score (nSPS) is 14.1. The second-order valence-electron chi connectivity index (χ2n) is 10.1. The minimum Gasteiger partial charge on any atom is -0.491 e. The van der Waals surface area contributed by atoms with Crippen molar-refractivity contribution in [1.82, 2.24) is 29.5 Å². The van der Waals surface area contributed by atoms with E-state index in [1.807, 2.05) is 6.07 Å². The average Bonchev–Trinajstić information content (AvgIpc) is 3.28. The Hall–Kier alpha value is -4.00. The van der Waals surface area contributed by atoms with Crippen LogP contribution in [0.5, 0.6) is 5.75 Å². The van der Waals surface area contributed by atoms with Crippen molar-refractivity contribution in [2.24, 2.45) is 0 Å². The lowest BCUT2D eigenvalue weighted by Gasteiger charge is -2.35. The summed E-state index contributed by atoms with van der Waals surface area (Å²) in [5.41, 5.74) is 6.64. The first kappa shape index (κ1) is 29.0. The SMILES string of the molecule is CC(C)(C)OC(=O)N1CCN(CCOc2ccccc2Cc2cn(C(F)F)nc2-c2cc(Cl)nc(N)n2)C(=O)C1. The number of carbonyl (C=O) groups is 2. The molecule has 0 unspecified atom stereocenters. The van der Waals surface area contributed by atoms with Crippen LogP contribution in [-0.2, 0) is 16.0 Å². The van der Waals surface area contributed by atoms with Crippen molar-refractivity contribution in [3.8, 4) is 17.1 Å². The van der Waals surface area contributed by atoms with Crippen LogP contribution in [0.3, 0.4) is 0 Å². The molecule has 2 aromatic heterocycles. The predicted octanol–water partition coefficient (Wildman–Crippen LogP) is 4.02. The van der Waals surface area contributed by atoms with Crippen molar-refractivity contribution < 1.29 is 27.8 Å². The molecule has 1 aliphatic rings. The average molecular weight is 578 g/mol. The lowest BCUT2D eigenvalue weighted by Crippen LogP contribution is -2.53. The predicted molar refractivity (Wildman–Crippen MR) is 143 cm³/mol. The fraction of sp³-hybridized carbons (Fsp3) is 0.423. The Morgan fingerprint density at radius 1 is 1.18 bits per heavy atom. The van der Waals surface area contributed by atoms with Gasteiger partial charge in [0.2, 0.25) is 11.9 Å². The number of ether oxygens (including phenoxy) is 2. The quantitative estimate of drug-likeness (QED) is 0.398. The summed E-state index contributed by atoms with van der Waals surface area (Å²) in [5, 5.41) is 4.06. The van der Waals surface area contributed by atoms with Crippen LogP contribution in [0.15, 0.2) is 36.5 Å². The van der Waals surface area contributed by atoms with Crippen LogP contribution in [0.2, 0.25) is 5.15 Å². The van der Waals surface area contributed by atoms with Gasteiger partial charge < -0.3 is 20.1 Å². The molecule has 1 fully saturated rings. The lowest BCUT2D eigenvalue weighted by atomic mass is 10.0. The molecule has 0 spiro atoms. The maximum absolute atomic E-state index is 13.5. The van der Waals surface area contributed by atoms with Crippen molar-refractivity contribution in [3.63, 3.8) is 0 Å². The number of nitrogens with two attached hydrogens (primary N) is 1. The number of hydrogen-bond donors (Lipinski definition) is 1. The fourth-order valence-electron chi connectivity index (χ4n) is 4.12. The third-order valence-corrected chi connectivity index (χ3v) is 6.10. The third-order valence-electron chi connectivity index (χ3n) is 5.91. The largest absolute Gasteiger partial charge is 0.491 e. The minimum absolute atomic E-state index is 0.0604. The van der Waals surface area contributed by atoms with Crippen LogP contribution in [0.4, 0.5) is 19.5 Å². The number of piperazine rings is 1. The first-order valence-electron chi connectivity index (χ1n) is 12.5. The molecule has 4 rings (SSSR count). The Morgan fingerprint density at radius 2 is 1.93 bits per heavy atom. The molecule has 3 heterocycles. The molecule has 40 heavy (non-hydrogen) atoms. The van der Waals surface area contributed by atoms with Gasteiger partial charge in [0, 0.05) is 37.3 Å². The summed E-state index contributed by atoms with van der Waals surface area (Å²) in [6, 6.07) is 8.57. The summed E-state index contributed by atoms with van der Waals surface area (Å²) < 4.78 is 38.9. The van der Waals surface area contributed by atoms with Crippen LogP contribution in [0.25, 0.3) is 11.4 Å². The molecule has 0 radical (unpaired) electrons. The zero-order valence-electron chi connectivity index (χ0n) is 22.3. The monoisotopic (exact) mass is 577 g/mol. The molecule has 0 bridgehead atoms. The maximum Gasteiger partial charge on any atom is 0.410 e. The van der Waals surface area contributed by atoms with E-state index in [-0.39, 0.29) is 48.0 Å². The van der Waals surface area contributed by atoms with E-state index in [0.717, 1.165) is 0 Å². The van der Waals surface area contributed by atoms with E-state index >= 15 is 0 Å². The van der Waals surface area contributed by atoms with E-state index < -0.39 is 18.2 Å². The molecule has 14 heteroatoms. The molecule has 1 saturated heterocycles. The highest BCUT2D eigenvalue weighted by Gasteiger charge is 2.30. The second-order valence-corrected chi connectivity index (χ2v) is 10.5. The number of para-hydroxylation sites is 1. The van der Waals surface area contributed by atoms with Gasteiger partial charge >= 0.3 is 12.6 Å². The number of nitrogen functional groups attached to an aromatic ring is 1. The number of rotatable bonds is 8. The minimum atomic E-state index is -2.86. The molecule has 2 amide bonds. The smallest absolute Gasteiger partial charge is 0.410 e. The first-order valence-corrected chi connectivity index (χ1v) is 12.9. The maximum atomic E-state index is 13.5. The summed E-state index contributed by atoms with van der Waals surface area (Å²) >= 11 is 6.00. The zero-order chi connectivity index (χ0) is 29.0. The van der Waals surface area contributed by atoms with E-state index in [2.05, 4.69) is 15.1 Å². The van der Waals surface area contributed by atoms with Gasteiger partial charge in [-0.15, -0.1) is 0 Å². The van der Waals surface area contributed by atoms with Crippen LogP contribution in [-0.4, -0.2) is 79.9 Å². The number of alkyl halides is 2. The Morgan fingerprint density at radius 3 is 2.60 bits per heavy atom. The molecule has 3 aromatic rings. The Labute approximate surface area is 234 Å². The van der Waals surface area contributed by atoms with E-state index in [4.69, 9.17) is 26.8 Å². The molecule has 0 saturated carbocycles. The number of carbonyl (C=O) groups excluding carboxylic acids is 2. The van der Waals surface area contributed by atoms with Crippen LogP contribution >= 0.6 is 11.6 Å². The zero-order valence-corrected chi connectivity index (χ0v) is 23.1. The molecule has 0 aliphatic carbocycles. The van der Waals surface area contributed by atoms with E-state index in [0.29, 0.717) is 41.2 Å².